The largest absolute Gasteiger partial charge is 0.325 e. The fourth-order valence-electron chi connectivity index (χ4n) is 3.05. The Hall–Kier alpha value is -2.89. The molecule has 4 aromatic rings. The van der Waals surface area contributed by atoms with Crippen molar-refractivity contribution in [3.8, 4) is 0 Å². The molecule has 0 spiro atoms. The topological polar surface area (TPSA) is 54.9 Å². The maximum atomic E-state index is 12.4. The van der Waals surface area contributed by atoms with Crippen molar-refractivity contribution in [2.45, 2.75) is 18.4 Å². The molecule has 0 saturated heterocycles. The molecule has 3 aromatic carbocycles. The Morgan fingerprint density at radius 2 is 1.70 bits per heavy atom. The van der Waals surface area contributed by atoms with Crippen LogP contribution in [0.2, 0.25) is 5.02 Å². The first kappa shape index (κ1) is 20.4. The van der Waals surface area contributed by atoms with Crippen LogP contribution < -0.4 is 5.32 Å². The summed E-state index contributed by atoms with van der Waals surface area (Å²) in [5.41, 5.74) is 5.61. The molecule has 0 aliphatic carbocycles. The number of halogens is 1. The quantitative estimate of drug-likeness (QED) is 0.384. The van der Waals surface area contributed by atoms with E-state index in [2.05, 4.69) is 36.5 Å². The number of nitrogens with zero attached hydrogens (tertiary/aromatic N) is 2. The number of anilines is 1. The van der Waals surface area contributed by atoms with E-state index < -0.39 is 0 Å². The number of aryl methyl sites for hydroxylation is 1. The number of carbonyl (C=O) groups is 1. The van der Waals surface area contributed by atoms with E-state index in [1.807, 2.05) is 30.3 Å². The molecule has 0 bridgehead atoms. The number of para-hydroxylation sites is 2. The summed E-state index contributed by atoms with van der Waals surface area (Å²) in [6.45, 7) is 2.07. The first-order valence-electron chi connectivity index (χ1n) is 9.56. The van der Waals surface area contributed by atoms with E-state index in [4.69, 9.17) is 21.6 Å². The van der Waals surface area contributed by atoms with Crippen molar-refractivity contribution in [2.24, 2.45) is 0 Å². The molecule has 4 rings (SSSR count). The minimum absolute atomic E-state index is 0.112. The summed E-state index contributed by atoms with van der Waals surface area (Å²) in [7, 11) is 0. The summed E-state index contributed by atoms with van der Waals surface area (Å²) in [5, 5.41) is 4.23. The lowest BCUT2D eigenvalue weighted by atomic mass is 10.1. The van der Waals surface area contributed by atoms with Gasteiger partial charge in [-0.25, -0.2) is 9.97 Å². The van der Waals surface area contributed by atoms with E-state index in [9.17, 15) is 4.79 Å². The molecule has 0 radical (unpaired) electrons. The molecule has 0 atom stereocenters. The highest BCUT2D eigenvalue weighted by molar-refractivity contribution is 8.00. The lowest BCUT2D eigenvalue weighted by molar-refractivity contribution is -0.113. The van der Waals surface area contributed by atoms with Gasteiger partial charge in [-0.1, -0.05) is 71.4 Å². The van der Waals surface area contributed by atoms with E-state index in [0.717, 1.165) is 27.3 Å². The number of hydrogen-bond acceptors (Lipinski definition) is 4. The van der Waals surface area contributed by atoms with Crippen LogP contribution in [0.25, 0.3) is 11.0 Å². The lowest BCUT2D eigenvalue weighted by Gasteiger charge is -2.10. The van der Waals surface area contributed by atoms with Crippen LogP contribution in [-0.4, -0.2) is 21.6 Å². The number of thioether (sulfide) groups is 1. The average Bonchev–Trinajstić information content (AvgIpc) is 2.74. The molecule has 6 heteroatoms. The van der Waals surface area contributed by atoms with Gasteiger partial charge in [-0.05, 0) is 42.8 Å². The van der Waals surface area contributed by atoms with Crippen LogP contribution in [0.3, 0.4) is 0 Å². The lowest BCUT2D eigenvalue weighted by Crippen LogP contribution is -2.14. The van der Waals surface area contributed by atoms with Gasteiger partial charge >= 0.3 is 0 Å². The fraction of sp³-hybridized carbons (Fsp3) is 0.125. The Morgan fingerprint density at radius 3 is 2.43 bits per heavy atom. The number of benzene rings is 3. The van der Waals surface area contributed by atoms with Crippen LogP contribution in [0.15, 0.2) is 77.8 Å². The Kier molecular flexibility index (Phi) is 6.31. The highest BCUT2D eigenvalue weighted by atomic mass is 35.5. The number of fused-ring (bicyclic) bond motifs is 1. The smallest absolute Gasteiger partial charge is 0.234 e. The molecule has 150 valence electrons. The first-order valence-corrected chi connectivity index (χ1v) is 10.9. The summed E-state index contributed by atoms with van der Waals surface area (Å²) in [4.78, 5) is 22.1. The SMILES string of the molecule is Cc1ccc(Cc2nc3ccccc3nc2SCC(=O)Nc2cccc(Cl)c2)cc1. The van der Waals surface area contributed by atoms with E-state index in [0.29, 0.717) is 17.1 Å². The van der Waals surface area contributed by atoms with Gasteiger partial charge in [0.15, 0.2) is 0 Å². The van der Waals surface area contributed by atoms with E-state index in [-0.39, 0.29) is 11.7 Å². The van der Waals surface area contributed by atoms with E-state index >= 15 is 0 Å². The second-order valence-electron chi connectivity index (χ2n) is 6.97. The standard InChI is InChI=1S/C24H20ClN3OS/c1-16-9-11-17(12-10-16)13-22-24(28-21-8-3-2-7-20(21)27-22)30-15-23(29)26-19-6-4-5-18(25)14-19/h2-12,14H,13,15H2,1H3,(H,26,29). The first-order chi connectivity index (χ1) is 14.6. The monoisotopic (exact) mass is 433 g/mol. The molecule has 0 unspecified atom stereocenters. The number of rotatable bonds is 6. The van der Waals surface area contributed by atoms with Crippen molar-refractivity contribution < 1.29 is 4.79 Å². The number of hydrogen-bond donors (Lipinski definition) is 1. The zero-order valence-electron chi connectivity index (χ0n) is 16.4. The molecule has 4 nitrogen and oxygen atoms in total. The van der Waals surface area contributed by atoms with Crippen molar-refractivity contribution in [1.82, 2.24) is 9.97 Å². The molecular formula is C24H20ClN3OS. The third-order valence-corrected chi connectivity index (χ3v) is 5.79. The Labute approximate surface area is 184 Å². The number of carbonyl (C=O) groups excluding carboxylic acids is 1. The normalized spacial score (nSPS) is 10.9. The summed E-state index contributed by atoms with van der Waals surface area (Å²) >= 11 is 7.39. The molecule has 1 amide bonds. The van der Waals surface area contributed by atoms with E-state index in [1.165, 1.54) is 17.3 Å². The maximum Gasteiger partial charge on any atom is 0.234 e. The fourth-order valence-corrected chi connectivity index (χ4v) is 4.03. The Balaban J connectivity index is 1.55. The van der Waals surface area contributed by atoms with Gasteiger partial charge in [0.05, 0.1) is 22.5 Å². The summed E-state index contributed by atoms with van der Waals surface area (Å²) in [6.07, 6.45) is 0.663. The molecule has 30 heavy (non-hydrogen) atoms. The molecule has 1 heterocycles. The summed E-state index contributed by atoms with van der Waals surface area (Å²) < 4.78 is 0. The zero-order valence-corrected chi connectivity index (χ0v) is 18.0. The van der Waals surface area contributed by atoms with Crippen molar-refractivity contribution in [3.05, 3.63) is 94.6 Å². The van der Waals surface area contributed by atoms with Crippen LogP contribution in [0, 0.1) is 6.92 Å². The van der Waals surface area contributed by atoms with Crippen LogP contribution in [0.5, 0.6) is 0 Å². The van der Waals surface area contributed by atoms with Gasteiger partial charge in [-0.2, -0.15) is 0 Å². The van der Waals surface area contributed by atoms with Crippen LogP contribution in [-0.2, 0) is 11.2 Å². The molecule has 1 aromatic heterocycles. The molecule has 1 N–H and O–H groups in total. The highest BCUT2D eigenvalue weighted by Gasteiger charge is 2.13. The van der Waals surface area contributed by atoms with Crippen LogP contribution >= 0.6 is 23.4 Å². The van der Waals surface area contributed by atoms with Gasteiger partial charge < -0.3 is 5.32 Å². The van der Waals surface area contributed by atoms with E-state index in [1.54, 1.807) is 18.2 Å². The van der Waals surface area contributed by atoms with Gasteiger partial charge in [0, 0.05) is 17.1 Å². The van der Waals surface area contributed by atoms with Crippen LogP contribution in [0.1, 0.15) is 16.8 Å². The molecule has 0 saturated carbocycles. The predicted molar refractivity (Wildman–Crippen MR) is 124 cm³/mol. The van der Waals surface area contributed by atoms with Gasteiger partial charge in [-0.3, -0.25) is 4.79 Å². The molecule has 0 fully saturated rings. The van der Waals surface area contributed by atoms with Crippen molar-refractivity contribution in [2.75, 3.05) is 11.1 Å². The van der Waals surface area contributed by atoms with Gasteiger partial charge in [0.1, 0.15) is 5.03 Å². The average molecular weight is 434 g/mol. The third-order valence-electron chi connectivity index (χ3n) is 4.55. The summed E-state index contributed by atoms with van der Waals surface area (Å²) in [5.74, 6) is 0.124. The third kappa shape index (κ3) is 5.17. The second-order valence-corrected chi connectivity index (χ2v) is 8.37. The Bertz CT molecular complexity index is 1190. The van der Waals surface area contributed by atoms with Crippen molar-refractivity contribution >= 4 is 46.0 Å². The predicted octanol–water partition coefficient (Wildman–Crippen LogP) is 5.91. The van der Waals surface area contributed by atoms with Gasteiger partial charge in [-0.15, -0.1) is 0 Å². The number of aromatic nitrogens is 2. The minimum Gasteiger partial charge on any atom is -0.325 e. The van der Waals surface area contributed by atoms with Crippen LogP contribution in [0.4, 0.5) is 5.69 Å². The zero-order chi connectivity index (χ0) is 20.9. The number of nitrogens with one attached hydrogen (secondary N) is 1. The van der Waals surface area contributed by atoms with Crippen molar-refractivity contribution in [3.63, 3.8) is 0 Å². The molecule has 0 aliphatic rings. The highest BCUT2D eigenvalue weighted by Crippen LogP contribution is 2.25. The Morgan fingerprint density at radius 1 is 0.967 bits per heavy atom. The van der Waals surface area contributed by atoms with Crippen molar-refractivity contribution in [1.29, 1.82) is 0 Å². The van der Waals surface area contributed by atoms with Gasteiger partial charge in [0.25, 0.3) is 0 Å². The maximum absolute atomic E-state index is 12.4. The number of amides is 1. The minimum atomic E-state index is -0.112. The molecule has 0 aliphatic heterocycles. The second kappa shape index (κ2) is 9.28. The van der Waals surface area contributed by atoms with Gasteiger partial charge in [0.2, 0.25) is 5.91 Å². The summed E-state index contributed by atoms with van der Waals surface area (Å²) in [6, 6.07) is 23.3. The molecular weight excluding hydrogens is 414 g/mol.